The molecule has 2 saturated heterocycles. The quantitative estimate of drug-likeness (QED) is 0.297. The molecule has 4 heterocycles. The topological polar surface area (TPSA) is 61.9 Å². The molecule has 4 nitrogen and oxygen atoms in total. The Morgan fingerprint density at radius 3 is 1.97 bits per heavy atom. The number of pyridine rings is 2. The molecule has 2 fully saturated rings. The summed E-state index contributed by atoms with van der Waals surface area (Å²) in [5, 5.41) is 8.94. The van der Waals surface area contributed by atoms with E-state index in [9.17, 15) is 26.3 Å². The van der Waals surface area contributed by atoms with Crippen LogP contribution in [0.2, 0.25) is 0 Å². The minimum atomic E-state index is -4.41. The zero-order valence-electron chi connectivity index (χ0n) is 17.2. The van der Waals surface area contributed by atoms with E-state index in [1.165, 1.54) is 18.5 Å². The lowest BCUT2D eigenvalue weighted by molar-refractivity contribution is -0.142. The van der Waals surface area contributed by atoms with E-state index in [2.05, 4.69) is 14.3 Å². The van der Waals surface area contributed by atoms with E-state index in [1.807, 2.05) is 0 Å². The molecule has 2 aromatic rings. The molecule has 0 aromatic carbocycles. The van der Waals surface area contributed by atoms with E-state index in [0.717, 1.165) is 60.4 Å². The summed E-state index contributed by atoms with van der Waals surface area (Å²) < 4.78 is 77.6. The van der Waals surface area contributed by atoms with E-state index >= 15 is 0 Å². The third kappa shape index (κ3) is 7.43. The van der Waals surface area contributed by atoms with Crippen molar-refractivity contribution in [3.8, 4) is 6.19 Å². The summed E-state index contributed by atoms with van der Waals surface area (Å²) in [5.41, 5.74) is -0.0519. The van der Waals surface area contributed by atoms with Crippen LogP contribution in [0.3, 0.4) is 0 Å². The number of alkyl halides is 6. The van der Waals surface area contributed by atoms with Crippen LogP contribution in [0.1, 0.15) is 67.6 Å². The molecule has 12 heteroatoms. The van der Waals surface area contributed by atoms with Crippen molar-refractivity contribution in [3.63, 3.8) is 0 Å². The number of hydrogen-bond donors (Lipinski definition) is 0. The number of nitrogens with zero attached hydrogens (tertiary/aromatic N) is 4. The van der Waals surface area contributed by atoms with Crippen LogP contribution in [0, 0.1) is 11.5 Å². The highest BCUT2D eigenvalue weighted by Gasteiger charge is 2.33. The van der Waals surface area contributed by atoms with E-state index in [-0.39, 0.29) is 14.1 Å². The molecule has 34 heavy (non-hydrogen) atoms. The second kappa shape index (κ2) is 12.0. The van der Waals surface area contributed by atoms with Gasteiger partial charge >= 0.3 is 12.4 Å². The Labute approximate surface area is 202 Å². The Hall–Kier alpha value is -2.13. The van der Waals surface area contributed by atoms with Gasteiger partial charge in [0.15, 0.2) is 0 Å². The highest BCUT2D eigenvalue weighted by Crippen LogP contribution is 2.40. The van der Waals surface area contributed by atoms with Crippen molar-refractivity contribution < 1.29 is 27.8 Å². The van der Waals surface area contributed by atoms with Crippen LogP contribution in [0.15, 0.2) is 41.0 Å². The SMILES string of the molecule is C.FC(F)(F)c1ccc(C2CCCS2)cn1.N#CN=S1CCCC1c1ccc(C(F)(F)F)nc1.[2HH]. The number of nitriles is 1. The first-order chi connectivity index (χ1) is 15.6. The molecule has 0 aliphatic carbocycles. The minimum Gasteiger partial charge on any atom is -0.251 e. The van der Waals surface area contributed by atoms with Gasteiger partial charge in [0.2, 0.25) is 6.19 Å². The van der Waals surface area contributed by atoms with Gasteiger partial charge in [-0.15, -0.1) is 0 Å². The maximum atomic E-state index is 12.4. The predicted molar refractivity (Wildman–Crippen MR) is 124 cm³/mol. The number of halogens is 6. The van der Waals surface area contributed by atoms with Crippen LogP contribution >= 0.6 is 11.8 Å². The number of rotatable bonds is 2. The molecule has 0 amide bonds. The minimum absolute atomic E-state index is 0. The second-order valence-corrected chi connectivity index (χ2v) is 10.7. The van der Waals surface area contributed by atoms with E-state index in [4.69, 9.17) is 5.26 Å². The van der Waals surface area contributed by atoms with Gasteiger partial charge in [0.05, 0.1) is 0 Å². The highest BCUT2D eigenvalue weighted by atomic mass is 32.2. The molecule has 0 radical (unpaired) electrons. The molecular formula is C22H26F6N4S2. The van der Waals surface area contributed by atoms with Gasteiger partial charge in [-0.05, 0) is 54.7 Å². The first kappa shape index (κ1) is 28.1. The van der Waals surface area contributed by atoms with Crippen LogP contribution in [0.25, 0.3) is 0 Å². The second-order valence-electron chi connectivity index (χ2n) is 7.38. The highest BCUT2D eigenvalue weighted by molar-refractivity contribution is 7.99. The molecule has 0 saturated carbocycles. The Balaban J connectivity index is 0.000000336. The standard InChI is InChI=1S/C11H10F3N3S.C10H10F3NS.CH4.H2/c12-11(13,14)10-4-3-8(6-16-10)9-2-1-5-18(9)17-7-15;11-10(12,13)9-4-3-7(6-14-9)8-2-1-5-15-8;;/h3-4,6,9H,1-2,5H2;3-4,6,8H,1-2,5H2;1H4;1H/i;;;1+1. The van der Waals surface area contributed by atoms with Crippen molar-refractivity contribution >= 4 is 22.5 Å². The Morgan fingerprint density at radius 1 is 0.941 bits per heavy atom. The lowest BCUT2D eigenvalue weighted by atomic mass is 10.1. The predicted octanol–water partition coefficient (Wildman–Crippen LogP) is 7.77. The molecule has 0 spiro atoms. The summed E-state index contributed by atoms with van der Waals surface area (Å²) in [6, 6.07) is 5.04. The maximum Gasteiger partial charge on any atom is 0.433 e. The van der Waals surface area contributed by atoms with Crippen LogP contribution in [0.5, 0.6) is 0 Å². The lowest BCUT2D eigenvalue weighted by Gasteiger charge is -2.12. The van der Waals surface area contributed by atoms with Gasteiger partial charge in [-0.3, -0.25) is 9.97 Å². The normalized spacial score (nSPS) is 22.4. The number of thioether (sulfide) groups is 1. The largest absolute Gasteiger partial charge is 0.433 e. The summed E-state index contributed by atoms with van der Waals surface area (Å²) in [4.78, 5) is 6.90. The molecule has 3 atom stereocenters. The first-order valence-electron chi connectivity index (χ1n) is 10.1. The van der Waals surface area contributed by atoms with Crippen molar-refractivity contribution in [1.82, 2.24) is 9.97 Å². The molecule has 2 aliphatic heterocycles. The molecular weight excluding hydrogens is 498 g/mol. The maximum absolute atomic E-state index is 12.4. The van der Waals surface area contributed by atoms with Crippen molar-refractivity contribution in [1.29, 1.82) is 5.26 Å². The smallest absolute Gasteiger partial charge is 0.251 e. The fraction of sp³-hybridized carbons (Fsp3) is 0.500. The van der Waals surface area contributed by atoms with Crippen molar-refractivity contribution in [3.05, 3.63) is 59.2 Å². The lowest BCUT2D eigenvalue weighted by Crippen LogP contribution is -2.09. The van der Waals surface area contributed by atoms with Gasteiger partial charge in [0, 0.05) is 30.1 Å². The monoisotopic (exact) mass is 525 g/mol. The van der Waals surface area contributed by atoms with E-state index in [1.54, 1.807) is 24.0 Å². The summed E-state index contributed by atoms with van der Waals surface area (Å²) >= 11 is 1.79. The average molecular weight is 526 g/mol. The summed E-state index contributed by atoms with van der Waals surface area (Å²) in [5.74, 6) is 1.92. The van der Waals surface area contributed by atoms with Crippen molar-refractivity contribution in [2.75, 3.05) is 11.5 Å². The van der Waals surface area contributed by atoms with E-state index < -0.39 is 34.4 Å². The zero-order valence-corrected chi connectivity index (χ0v) is 18.9. The number of aromatic nitrogens is 2. The molecule has 4 rings (SSSR count). The molecule has 2 aliphatic rings. The van der Waals surface area contributed by atoms with Gasteiger partial charge in [-0.2, -0.15) is 47.7 Å². The third-order valence-corrected chi connectivity index (χ3v) is 8.76. The van der Waals surface area contributed by atoms with Gasteiger partial charge in [-0.25, -0.2) is 0 Å². The molecule has 3 unspecified atom stereocenters. The van der Waals surface area contributed by atoms with Crippen LogP contribution in [0.4, 0.5) is 26.3 Å². The van der Waals surface area contributed by atoms with Gasteiger partial charge in [-0.1, -0.05) is 30.3 Å². The summed E-state index contributed by atoms with van der Waals surface area (Å²) in [6.07, 6.45) is -0.384. The van der Waals surface area contributed by atoms with Crippen LogP contribution < -0.4 is 0 Å². The van der Waals surface area contributed by atoms with Crippen LogP contribution in [-0.2, 0) is 23.0 Å². The molecule has 0 N–H and O–H groups in total. The fourth-order valence-electron chi connectivity index (χ4n) is 3.55. The third-order valence-electron chi connectivity index (χ3n) is 5.13. The summed E-state index contributed by atoms with van der Waals surface area (Å²) in [7, 11) is -0.401. The zero-order chi connectivity index (χ0) is 24.1. The molecule has 2 aromatic heterocycles. The van der Waals surface area contributed by atoms with E-state index in [0.29, 0.717) is 5.25 Å². The van der Waals surface area contributed by atoms with Gasteiger partial charge < -0.3 is 0 Å². The summed E-state index contributed by atoms with van der Waals surface area (Å²) in [6.45, 7) is 0. The van der Waals surface area contributed by atoms with Crippen molar-refractivity contribution in [2.45, 2.75) is 56.0 Å². The van der Waals surface area contributed by atoms with Crippen molar-refractivity contribution in [2.24, 2.45) is 4.36 Å². The first-order valence-corrected chi connectivity index (χ1v) is 12.5. The van der Waals surface area contributed by atoms with Gasteiger partial charge in [0.25, 0.3) is 0 Å². The Morgan fingerprint density at radius 2 is 1.53 bits per heavy atom. The van der Waals surface area contributed by atoms with Gasteiger partial charge in [0.1, 0.15) is 11.4 Å². The average Bonchev–Trinajstić information content (AvgIpc) is 3.46. The Kier molecular flexibility index (Phi) is 9.94. The molecule has 188 valence electrons. The molecule has 0 bridgehead atoms. The number of hydrogen-bond acceptors (Lipinski definition) is 5. The Bertz CT molecular complexity index is 999. The fourth-order valence-corrected chi connectivity index (χ4v) is 6.79. The van der Waals surface area contributed by atoms with Crippen LogP contribution in [-0.4, -0.2) is 21.5 Å².